The third-order valence-corrected chi connectivity index (χ3v) is 15.4. The van der Waals surface area contributed by atoms with E-state index in [1.807, 2.05) is 0 Å². The number of aliphatic hydroxyl groups excluding tert-OH is 20. The van der Waals surface area contributed by atoms with Crippen LogP contribution in [0.25, 0.3) is 0 Å². The van der Waals surface area contributed by atoms with Gasteiger partial charge in [-0.25, -0.2) is 0 Å². The maximum Gasteiger partial charge on any atom is 0.217 e. The zero-order valence-corrected chi connectivity index (χ0v) is 46.6. The zero-order chi connectivity index (χ0) is 63.9. The number of nitrogens with one attached hydrogen (secondary N) is 3. The predicted molar refractivity (Wildman–Crippen MR) is 267 cm³/mol. The van der Waals surface area contributed by atoms with E-state index in [4.69, 9.17) is 56.8 Å². The molecule has 23 N–H and O–H groups in total. The molecule has 6 aliphatic heterocycles. The Labute approximate surface area is 488 Å². The summed E-state index contributed by atoms with van der Waals surface area (Å²) < 4.78 is 69.7. The van der Waals surface area contributed by atoms with Crippen LogP contribution in [0.4, 0.5) is 0 Å². The summed E-state index contributed by atoms with van der Waals surface area (Å²) in [6, 6.07) is -5.28. The highest BCUT2D eigenvalue weighted by molar-refractivity contribution is 5.74. The van der Waals surface area contributed by atoms with Crippen molar-refractivity contribution in [2.24, 2.45) is 0 Å². The Morgan fingerprint density at radius 1 is 0.395 bits per heavy atom. The van der Waals surface area contributed by atoms with E-state index >= 15 is 0 Å². The summed E-state index contributed by atoms with van der Waals surface area (Å²) in [6.45, 7) is -3.04. The van der Waals surface area contributed by atoms with Gasteiger partial charge in [0.1, 0.15) is 159 Å². The largest absolute Gasteiger partial charge is 0.394 e. The Hall–Kier alpha value is -2.87. The summed E-state index contributed by atoms with van der Waals surface area (Å²) in [7, 11) is 0. The molecule has 0 aliphatic carbocycles. The Morgan fingerprint density at radius 2 is 0.791 bits per heavy atom. The Kier molecular flexibility index (Phi) is 26.8. The average Bonchev–Trinajstić information content (AvgIpc) is 1.60. The van der Waals surface area contributed by atoms with E-state index in [0.717, 1.165) is 20.8 Å². The molecule has 0 aromatic heterocycles. The van der Waals surface area contributed by atoms with Crippen LogP contribution < -0.4 is 16.0 Å². The van der Waals surface area contributed by atoms with Crippen LogP contribution in [0.15, 0.2) is 0 Å². The second-order valence-corrected chi connectivity index (χ2v) is 21.5. The van der Waals surface area contributed by atoms with Crippen LogP contribution in [0.1, 0.15) is 27.7 Å². The number of ether oxygens (including phenoxy) is 12. The van der Waals surface area contributed by atoms with Crippen molar-refractivity contribution in [3.8, 4) is 0 Å². The van der Waals surface area contributed by atoms with Gasteiger partial charge in [0.05, 0.1) is 58.4 Å². The molecule has 86 heavy (non-hydrogen) atoms. The molecule has 6 saturated heterocycles. The highest BCUT2D eigenvalue weighted by Gasteiger charge is 2.59. The third-order valence-electron chi connectivity index (χ3n) is 15.4. The first-order valence-corrected chi connectivity index (χ1v) is 27.4. The maximum absolute atomic E-state index is 12.7. The van der Waals surface area contributed by atoms with E-state index in [0.29, 0.717) is 0 Å². The van der Waals surface area contributed by atoms with Crippen molar-refractivity contribution in [1.82, 2.24) is 16.0 Å². The van der Waals surface area contributed by atoms with E-state index < -0.39 is 272 Å². The zero-order valence-electron chi connectivity index (χ0n) is 46.6. The predicted octanol–water partition coefficient (Wildman–Crippen LogP) is -15.2. The Balaban J connectivity index is 1.23. The van der Waals surface area contributed by atoms with Crippen LogP contribution in [0.2, 0.25) is 0 Å². The minimum absolute atomic E-state index is 0.776. The highest BCUT2D eigenvalue weighted by Crippen LogP contribution is 2.38. The molecule has 6 rings (SSSR count). The van der Waals surface area contributed by atoms with Gasteiger partial charge >= 0.3 is 0 Å². The molecular weight excluding hydrogens is 1180 g/mol. The van der Waals surface area contributed by atoms with Gasteiger partial charge in [0.2, 0.25) is 17.7 Å². The molecule has 0 spiro atoms. The lowest BCUT2D eigenvalue weighted by molar-refractivity contribution is -0.392. The molecule has 0 saturated carbocycles. The molecule has 0 bridgehead atoms. The van der Waals surface area contributed by atoms with Crippen molar-refractivity contribution in [3.05, 3.63) is 0 Å². The number of rotatable bonds is 25. The van der Waals surface area contributed by atoms with Crippen LogP contribution in [0.5, 0.6) is 0 Å². The minimum Gasteiger partial charge on any atom is -0.394 e. The first-order chi connectivity index (χ1) is 40.6. The van der Waals surface area contributed by atoms with Crippen LogP contribution >= 0.6 is 0 Å². The lowest BCUT2D eigenvalue weighted by atomic mass is 9.93. The second-order valence-electron chi connectivity index (χ2n) is 21.5. The molecule has 0 aromatic carbocycles. The molecule has 0 aromatic rings. The molecule has 38 nitrogen and oxygen atoms in total. The number of amides is 3. The van der Waals surface area contributed by atoms with Crippen molar-refractivity contribution in [1.29, 1.82) is 0 Å². The lowest BCUT2D eigenvalue weighted by Crippen LogP contribution is -2.71. The number of hydrogen-bond donors (Lipinski definition) is 23. The fraction of sp³-hybridized carbons (Fsp3) is 0.938. The van der Waals surface area contributed by atoms with Gasteiger partial charge in [0.15, 0.2) is 37.7 Å². The van der Waals surface area contributed by atoms with E-state index in [1.54, 1.807) is 0 Å². The molecule has 3 amide bonds. The smallest absolute Gasteiger partial charge is 0.217 e. The topological polar surface area (TPSA) is 603 Å². The molecule has 6 heterocycles. The first kappa shape index (κ1) is 72.2. The van der Waals surface area contributed by atoms with Gasteiger partial charge in [-0.15, -0.1) is 0 Å². The molecule has 0 unspecified atom stereocenters. The van der Waals surface area contributed by atoms with Gasteiger partial charge in [0.25, 0.3) is 0 Å². The summed E-state index contributed by atoms with van der Waals surface area (Å²) in [4.78, 5) is 37.5. The van der Waals surface area contributed by atoms with Crippen molar-refractivity contribution >= 4 is 17.7 Å². The standard InChI is InChI=1S/C48H83N3O35/c1-12-25(63)32(70)34(72)45(75-12)86-42-33(71)27(65)18(7-54)78-48(42)83-39-22(11-58)80-44(24(31(39)69)51-15(4)61)85-41-29(67)20(9-56)77-47(36(41)74)82-38-21(10-57)79-43(23(30(38)68)50-14(3)60)84-40-28(66)19(8-55)76-46(35(40)73)81-37(26(64)17(62)6-53)16(5-52)49-13(2)59/h12,16-48,52-58,62-74H,5-11H2,1-4H3,(H,49,59)(H,50,60)(H,51,61)/t12-,16-,17+,18+,19+,20+,21+,22+,23+,24+,25+,26-,27-,28-,29-,30+,31+,32+,33-,34-,35+,36+,37+,38+,39+,40-,41-,42+,43-,44-,45-,46-,47-,48-/m0/s1. The Morgan fingerprint density at radius 3 is 1.23 bits per heavy atom. The molecule has 6 aliphatic rings. The average molecular weight is 1260 g/mol. The number of carbonyl (C=O) groups is 3. The van der Waals surface area contributed by atoms with Crippen molar-refractivity contribution in [2.45, 2.75) is 236 Å². The summed E-state index contributed by atoms with van der Waals surface area (Å²) in [5, 5.41) is 223. The molecule has 6 fully saturated rings. The molecule has 0 radical (unpaired) electrons. The highest BCUT2D eigenvalue weighted by atomic mass is 16.8. The molecular formula is C48H83N3O35. The second kappa shape index (κ2) is 31.9. The van der Waals surface area contributed by atoms with Crippen LogP contribution in [-0.2, 0) is 71.2 Å². The molecule has 34 atom stereocenters. The monoisotopic (exact) mass is 1260 g/mol. The van der Waals surface area contributed by atoms with Gasteiger partial charge in [-0.3, -0.25) is 14.4 Å². The molecule has 500 valence electrons. The third kappa shape index (κ3) is 16.2. The summed E-state index contributed by atoms with van der Waals surface area (Å²) in [6.07, 6.45) is -60.4. The van der Waals surface area contributed by atoms with E-state index in [-0.39, 0.29) is 0 Å². The van der Waals surface area contributed by atoms with Crippen molar-refractivity contribution in [2.75, 3.05) is 46.2 Å². The van der Waals surface area contributed by atoms with Gasteiger partial charge in [-0.05, 0) is 6.92 Å². The summed E-state index contributed by atoms with van der Waals surface area (Å²) in [5.74, 6) is -2.57. The molecule has 38 heteroatoms. The van der Waals surface area contributed by atoms with Gasteiger partial charge in [0, 0.05) is 20.8 Å². The van der Waals surface area contributed by atoms with Gasteiger partial charge < -0.3 is 175 Å². The number of carbonyl (C=O) groups excluding carboxylic acids is 3. The van der Waals surface area contributed by atoms with Crippen LogP contribution in [0.3, 0.4) is 0 Å². The van der Waals surface area contributed by atoms with Gasteiger partial charge in [-0.2, -0.15) is 0 Å². The van der Waals surface area contributed by atoms with Crippen LogP contribution in [-0.4, -0.2) is 375 Å². The maximum atomic E-state index is 12.7. The quantitative estimate of drug-likeness (QED) is 0.0404. The summed E-state index contributed by atoms with van der Waals surface area (Å²) in [5.41, 5.74) is 0. The first-order valence-electron chi connectivity index (χ1n) is 27.4. The van der Waals surface area contributed by atoms with Crippen molar-refractivity contribution < 1.29 is 173 Å². The lowest BCUT2D eigenvalue weighted by Gasteiger charge is -2.51. The van der Waals surface area contributed by atoms with E-state index in [9.17, 15) is 117 Å². The SMILES string of the molecule is CC(=O)N[C@H]1[C@H](O[C@H]2[C@@H](O)[C@@H](CO)O[C@@H](O[C@@H]([C@@H](O)[C@H](O)CO)[C@H](CO)NC(C)=O)[C@@H]2O)O[C@H](CO)[C@@H](O[C@@H]2O[C@H](CO)[C@H](O)[C@H](O[C@@H]3O[C@H](CO)[C@@H](O[C@@H]4O[C@H](CO)[C@H](O)[C@H](O)[C@H]4O[C@@H]4O[C@@H](C)[C@@H](O)[C@@H](O)[C@@H]4O)[C@H](O)[C@H]3NC(C)=O)[C@H]2O)[C@@H]1O. The fourth-order valence-corrected chi connectivity index (χ4v) is 10.7. The minimum atomic E-state index is -2.29. The van der Waals surface area contributed by atoms with E-state index in [2.05, 4.69) is 16.0 Å². The van der Waals surface area contributed by atoms with Crippen LogP contribution in [0, 0.1) is 0 Å². The van der Waals surface area contributed by atoms with Crippen molar-refractivity contribution in [3.63, 3.8) is 0 Å². The number of aliphatic hydroxyl groups is 20. The summed E-state index contributed by atoms with van der Waals surface area (Å²) >= 11 is 0. The number of hydrogen-bond acceptors (Lipinski definition) is 35. The van der Waals surface area contributed by atoms with Gasteiger partial charge in [-0.1, -0.05) is 0 Å². The van der Waals surface area contributed by atoms with E-state index in [1.165, 1.54) is 6.92 Å². The Bertz CT molecular complexity index is 2120. The fourth-order valence-electron chi connectivity index (χ4n) is 10.7. The normalized spacial score (nSPS) is 45.5.